The predicted octanol–water partition coefficient (Wildman–Crippen LogP) is 6.37. The van der Waals surface area contributed by atoms with Crippen LogP contribution < -0.4 is 4.74 Å². The maximum absolute atomic E-state index is 8.26. The smallest absolute Gasteiger partial charge is 0.218 e. The van der Waals surface area contributed by atoms with Gasteiger partial charge >= 0.3 is 0 Å². The zero-order valence-electron chi connectivity index (χ0n) is 16.5. The van der Waals surface area contributed by atoms with Gasteiger partial charge in [-0.05, 0) is 61.1 Å². The molecule has 0 fully saturated rings. The average Bonchev–Trinajstić information content (AvgIpc) is 3.20. The van der Waals surface area contributed by atoms with Gasteiger partial charge in [0.1, 0.15) is 24.3 Å². The number of benzene rings is 2. The van der Waals surface area contributed by atoms with Crippen molar-refractivity contribution in [2.75, 3.05) is 6.54 Å². The molecule has 0 amide bonds. The number of aromatic nitrogens is 1. The first-order valence-corrected chi connectivity index (χ1v) is 9.65. The molecule has 0 bridgehead atoms. The molecule has 6 heteroatoms. The first-order chi connectivity index (χ1) is 14.2. The van der Waals surface area contributed by atoms with Crippen molar-refractivity contribution in [3.05, 3.63) is 93.5 Å². The molecule has 0 N–H and O–H groups in total. The molecule has 0 saturated heterocycles. The van der Waals surface area contributed by atoms with E-state index in [9.17, 15) is 0 Å². The van der Waals surface area contributed by atoms with Crippen molar-refractivity contribution in [3.8, 4) is 5.75 Å². The highest BCUT2D eigenvalue weighted by atomic mass is 16.5. The van der Waals surface area contributed by atoms with Crippen LogP contribution in [0, 0.1) is 6.92 Å². The summed E-state index contributed by atoms with van der Waals surface area (Å²) in [5.74, 6) is 1.35. The molecule has 0 saturated carbocycles. The number of hydrogen-bond donors (Lipinski definition) is 0. The summed E-state index contributed by atoms with van der Waals surface area (Å²) >= 11 is 0. The molecule has 148 valence electrons. The molecule has 0 atom stereocenters. The summed E-state index contributed by atoms with van der Waals surface area (Å²) in [5, 5.41) is 3.54. The van der Waals surface area contributed by atoms with Crippen LogP contribution in [0.15, 0.2) is 64.3 Å². The Balaban J connectivity index is 1.45. The third-order valence-electron chi connectivity index (χ3n) is 4.41. The van der Waals surface area contributed by atoms with Crippen molar-refractivity contribution in [3.63, 3.8) is 0 Å². The Morgan fingerprint density at radius 2 is 1.86 bits per heavy atom. The number of azide groups is 1. The van der Waals surface area contributed by atoms with Crippen molar-refractivity contribution in [1.29, 1.82) is 0 Å². The van der Waals surface area contributed by atoms with Gasteiger partial charge < -0.3 is 9.15 Å². The number of unbranched alkanes of at least 4 members (excludes halogenated alkanes) is 1. The third kappa shape index (κ3) is 6.87. The molecule has 1 aromatic heterocycles. The second kappa shape index (κ2) is 10.7. The van der Waals surface area contributed by atoms with Crippen molar-refractivity contribution >= 4 is 12.2 Å². The lowest BCUT2D eigenvalue weighted by Crippen LogP contribution is -1.96. The first-order valence-electron chi connectivity index (χ1n) is 9.65. The molecular weight excluding hydrogens is 364 g/mol. The number of nitrogens with zero attached hydrogens (tertiary/aromatic N) is 4. The quantitative estimate of drug-likeness (QED) is 0.175. The minimum absolute atomic E-state index is 0.355. The number of rotatable bonds is 10. The molecule has 0 radical (unpaired) electrons. The van der Waals surface area contributed by atoms with Crippen molar-refractivity contribution in [2.24, 2.45) is 5.11 Å². The standard InChI is InChI=1S/C23H24N4O2/c1-18-5-7-20(8-6-18)11-14-23-26-21(17-29-23)16-28-22-12-9-19(10-13-22)4-2-3-15-25-27-24/h5-14,17H,2-4,15-16H2,1H3/b14-11+. The van der Waals surface area contributed by atoms with Crippen molar-refractivity contribution < 1.29 is 9.15 Å². The SMILES string of the molecule is Cc1ccc(/C=C/c2nc(COc3ccc(CCCCN=[N+]=[N-])cc3)co2)cc1. The second-order valence-corrected chi connectivity index (χ2v) is 6.77. The molecule has 0 aliphatic heterocycles. The number of hydrogen-bond acceptors (Lipinski definition) is 4. The van der Waals surface area contributed by atoms with Gasteiger partial charge in [-0.3, -0.25) is 0 Å². The molecule has 0 spiro atoms. The minimum Gasteiger partial charge on any atom is -0.487 e. The van der Waals surface area contributed by atoms with Crippen LogP contribution in [0.2, 0.25) is 0 Å². The molecular formula is C23H24N4O2. The Kier molecular flexibility index (Phi) is 7.49. The van der Waals surface area contributed by atoms with Gasteiger partial charge in [-0.15, -0.1) is 0 Å². The minimum atomic E-state index is 0.355. The maximum Gasteiger partial charge on any atom is 0.218 e. The average molecular weight is 388 g/mol. The summed E-state index contributed by atoms with van der Waals surface area (Å²) in [6.45, 7) is 2.97. The summed E-state index contributed by atoms with van der Waals surface area (Å²) in [6.07, 6.45) is 8.30. The molecule has 0 unspecified atom stereocenters. The van der Waals surface area contributed by atoms with Gasteiger partial charge in [-0.1, -0.05) is 47.1 Å². The van der Waals surface area contributed by atoms with E-state index in [-0.39, 0.29) is 0 Å². The fraction of sp³-hybridized carbons (Fsp3) is 0.261. The molecule has 0 aliphatic carbocycles. The lowest BCUT2D eigenvalue weighted by molar-refractivity contribution is 0.301. The highest BCUT2D eigenvalue weighted by Gasteiger charge is 2.03. The molecule has 1 heterocycles. The number of aryl methyl sites for hydroxylation is 2. The van der Waals surface area contributed by atoms with Crippen molar-refractivity contribution in [2.45, 2.75) is 32.8 Å². The van der Waals surface area contributed by atoms with E-state index < -0.39 is 0 Å². The Morgan fingerprint density at radius 3 is 2.62 bits per heavy atom. The number of oxazole rings is 1. The number of ether oxygens (including phenoxy) is 1. The Morgan fingerprint density at radius 1 is 1.07 bits per heavy atom. The van der Waals surface area contributed by atoms with Crippen LogP contribution in [-0.4, -0.2) is 11.5 Å². The highest BCUT2D eigenvalue weighted by molar-refractivity contribution is 5.66. The van der Waals surface area contributed by atoms with E-state index in [0.29, 0.717) is 19.0 Å². The molecule has 29 heavy (non-hydrogen) atoms. The summed E-state index contributed by atoms with van der Waals surface area (Å²) in [4.78, 5) is 7.19. The predicted molar refractivity (Wildman–Crippen MR) is 114 cm³/mol. The highest BCUT2D eigenvalue weighted by Crippen LogP contribution is 2.16. The van der Waals surface area contributed by atoms with Crippen LogP contribution in [-0.2, 0) is 13.0 Å². The van der Waals surface area contributed by atoms with E-state index in [1.54, 1.807) is 6.26 Å². The van der Waals surface area contributed by atoms with E-state index in [4.69, 9.17) is 14.7 Å². The van der Waals surface area contributed by atoms with Gasteiger partial charge in [0.2, 0.25) is 5.89 Å². The van der Waals surface area contributed by atoms with Gasteiger partial charge in [0, 0.05) is 17.5 Å². The molecule has 6 nitrogen and oxygen atoms in total. The summed E-state index contributed by atoms with van der Waals surface area (Å²) in [5.41, 5.74) is 12.6. The zero-order valence-corrected chi connectivity index (χ0v) is 16.5. The topological polar surface area (TPSA) is 84.0 Å². The summed E-state index contributed by atoms with van der Waals surface area (Å²) in [7, 11) is 0. The van der Waals surface area contributed by atoms with Gasteiger partial charge in [-0.25, -0.2) is 4.98 Å². The lowest BCUT2D eigenvalue weighted by atomic mass is 10.1. The van der Waals surface area contributed by atoms with Crippen LogP contribution in [0.25, 0.3) is 22.6 Å². The van der Waals surface area contributed by atoms with Crippen LogP contribution in [0.5, 0.6) is 5.75 Å². The normalized spacial score (nSPS) is 10.8. The first kappa shape index (κ1) is 20.2. The van der Waals surface area contributed by atoms with E-state index in [1.165, 1.54) is 11.1 Å². The molecule has 0 aliphatic rings. The Bertz CT molecular complexity index is 969. The van der Waals surface area contributed by atoms with E-state index >= 15 is 0 Å². The van der Waals surface area contributed by atoms with E-state index in [1.807, 2.05) is 24.3 Å². The van der Waals surface area contributed by atoms with Gasteiger partial charge in [0.05, 0.1) is 0 Å². The van der Waals surface area contributed by atoms with Crippen LogP contribution in [0.3, 0.4) is 0 Å². The molecule has 3 rings (SSSR count). The summed E-state index contributed by atoms with van der Waals surface area (Å²) in [6, 6.07) is 16.3. The Hall–Kier alpha value is -3.50. The summed E-state index contributed by atoms with van der Waals surface area (Å²) < 4.78 is 11.3. The van der Waals surface area contributed by atoms with Gasteiger partial charge in [-0.2, -0.15) is 0 Å². The fourth-order valence-corrected chi connectivity index (χ4v) is 2.78. The second-order valence-electron chi connectivity index (χ2n) is 6.77. The zero-order chi connectivity index (χ0) is 20.3. The molecule has 3 aromatic rings. The fourth-order valence-electron chi connectivity index (χ4n) is 2.78. The molecule has 2 aromatic carbocycles. The van der Waals surface area contributed by atoms with Crippen LogP contribution in [0.4, 0.5) is 0 Å². The van der Waals surface area contributed by atoms with E-state index in [2.05, 4.69) is 58.3 Å². The maximum atomic E-state index is 8.26. The van der Waals surface area contributed by atoms with Gasteiger partial charge in [0.25, 0.3) is 0 Å². The van der Waals surface area contributed by atoms with Gasteiger partial charge in [0.15, 0.2) is 0 Å². The third-order valence-corrected chi connectivity index (χ3v) is 4.41. The largest absolute Gasteiger partial charge is 0.487 e. The van der Waals surface area contributed by atoms with Crippen LogP contribution >= 0.6 is 0 Å². The monoisotopic (exact) mass is 388 g/mol. The van der Waals surface area contributed by atoms with Crippen LogP contribution in [0.1, 0.15) is 41.1 Å². The van der Waals surface area contributed by atoms with Crippen molar-refractivity contribution in [1.82, 2.24) is 4.98 Å². The van der Waals surface area contributed by atoms with E-state index in [0.717, 1.165) is 36.3 Å². The Labute approximate surface area is 170 Å². The lowest BCUT2D eigenvalue weighted by Gasteiger charge is -2.05.